The zero-order valence-corrected chi connectivity index (χ0v) is 10.4. The molecule has 1 saturated heterocycles. The van der Waals surface area contributed by atoms with E-state index < -0.39 is 0 Å². The lowest BCUT2D eigenvalue weighted by molar-refractivity contribution is 0.0943. The fourth-order valence-electron chi connectivity index (χ4n) is 2.42. The summed E-state index contributed by atoms with van der Waals surface area (Å²) >= 11 is 0. The SMILES string of the molecule is Cc1ncccc1C(O)CCCC1CCCO1. The Morgan fingerprint density at radius 3 is 3.18 bits per heavy atom. The van der Waals surface area contributed by atoms with Crippen molar-refractivity contribution in [2.45, 2.75) is 51.2 Å². The Bertz CT molecular complexity index is 348. The summed E-state index contributed by atoms with van der Waals surface area (Å²) in [6.07, 6.45) is 7.06. The number of pyridine rings is 1. The van der Waals surface area contributed by atoms with Gasteiger partial charge in [-0.3, -0.25) is 4.98 Å². The van der Waals surface area contributed by atoms with Gasteiger partial charge in [0.15, 0.2) is 0 Å². The van der Waals surface area contributed by atoms with Gasteiger partial charge in [-0.2, -0.15) is 0 Å². The van der Waals surface area contributed by atoms with Crippen LogP contribution >= 0.6 is 0 Å². The summed E-state index contributed by atoms with van der Waals surface area (Å²) in [7, 11) is 0. The van der Waals surface area contributed by atoms with E-state index in [2.05, 4.69) is 4.98 Å². The summed E-state index contributed by atoms with van der Waals surface area (Å²) in [4.78, 5) is 4.20. The quantitative estimate of drug-likeness (QED) is 0.853. The second kappa shape index (κ2) is 6.12. The van der Waals surface area contributed by atoms with E-state index in [1.165, 1.54) is 12.8 Å². The van der Waals surface area contributed by atoms with Crippen LogP contribution in [-0.4, -0.2) is 22.8 Å². The van der Waals surface area contributed by atoms with E-state index >= 15 is 0 Å². The second-order valence-corrected chi connectivity index (χ2v) is 4.76. The zero-order valence-electron chi connectivity index (χ0n) is 10.4. The molecule has 2 unspecified atom stereocenters. The smallest absolute Gasteiger partial charge is 0.0807 e. The number of hydrogen-bond donors (Lipinski definition) is 1. The molecular weight excluding hydrogens is 214 g/mol. The Balaban J connectivity index is 1.77. The van der Waals surface area contributed by atoms with Gasteiger partial charge in [-0.25, -0.2) is 0 Å². The molecule has 1 N–H and O–H groups in total. The molecule has 2 atom stereocenters. The van der Waals surface area contributed by atoms with E-state index in [4.69, 9.17) is 4.74 Å². The van der Waals surface area contributed by atoms with Gasteiger partial charge in [0.1, 0.15) is 0 Å². The van der Waals surface area contributed by atoms with Crippen LogP contribution in [0.2, 0.25) is 0 Å². The van der Waals surface area contributed by atoms with Gasteiger partial charge in [0, 0.05) is 24.1 Å². The highest BCUT2D eigenvalue weighted by molar-refractivity contribution is 5.20. The van der Waals surface area contributed by atoms with E-state index in [1.54, 1.807) is 6.20 Å². The Morgan fingerprint density at radius 1 is 1.59 bits per heavy atom. The molecule has 0 amide bonds. The molecule has 1 aliphatic rings. The van der Waals surface area contributed by atoms with Crippen molar-refractivity contribution >= 4 is 0 Å². The van der Waals surface area contributed by atoms with Gasteiger partial charge in [-0.05, 0) is 45.1 Å². The Hall–Kier alpha value is -0.930. The van der Waals surface area contributed by atoms with Crippen molar-refractivity contribution in [3.63, 3.8) is 0 Å². The molecule has 94 valence electrons. The zero-order chi connectivity index (χ0) is 12.1. The molecule has 1 aromatic rings. The minimum atomic E-state index is -0.384. The molecule has 0 saturated carbocycles. The fraction of sp³-hybridized carbons (Fsp3) is 0.643. The minimum absolute atomic E-state index is 0.384. The molecule has 3 nitrogen and oxygen atoms in total. The lowest BCUT2D eigenvalue weighted by Gasteiger charge is -2.14. The normalized spacial score (nSPS) is 21.6. The summed E-state index contributed by atoms with van der Waals surface area (Å²) in [5.41, 5.74) is 1.89. The first-order valence-corrected chi connectivity index (χ1v) is 6.48. The first-order chi connectivity index (χ1) is 8.27. The summed E-state index contributed by atoms with van der Waals surface area (Å²) in [6, 6.07) is 3.84. The monoisotopic (exact) mass is 235 g/mol. The van der Waals surface area contributed by atoms with Gasteiger partial charge >= 0.3 is 0 Å². The Labute approximate surface area is 103 Å². The third-order valence-corrected chi connectivity index (χ3v) is 3.43. The fourth-order valence-corrected chi connectivity index (χ4v) is 2.42. The van der Waals surface area contributed by atoms with Gasteiger partial charge in [0.05, 0.1) is 12.2 Å². The van der Waals surface area contributed by atoms with Crippen LogP contribution in [0.3, 0.4) is 0 Å². The van der Waals surface area contributed by atoms with Crippen LogP contribution < -0.4 is 0 Å². The van der Waals surface area contributed by atoms with Crippen LogP contribution in [0.5, 0.6) is 0 Å². The summed E-state index contributed by atoms with van der Waals surface area (Å²) in [5, 5.41) is 10.1. The Morgan fingerprint density at radius 2 is 2.47 bits per heavy atom. The van der Waals surface area contributed by atoms with Crippen molar-refractivity contribution in [2.75, 3.05) is 6.61 Å². The predicted octanol–water partition coefficient (Wildman–Crippen LogP) is 2.77. The maximum Gasteiger partial charge on any atom is 0.0807 e. The molecular formula is C14H21NO2. The number of aliphatic hydroxyl groups is 1. The van der Waals surface area contributed by atoms with Crippen molar-refractivity contribution in [1.29, 1.82) is 0 Å². The number of ether oxygens (including phenoxy) is 1. The first kappa shape index (κ1) is 12.5. The number of aromatic nitrogens is 1. The topological polar surface area (TPSA) is 42.4 Å². The largest absolute Gasteiger partial charge is 0.388 e. The molecule has 1 fully saturated rings. The highest BCUT2D eigenvalue weighted by atomic mass is 16.5. The summed E-state index contributed by atoms with van der Waals surface area (Å²) in [6.45, 7) is 2.85. The average Bonchev–Trinajstić information content (AvgIpc) is 2.82. The van der Waals surface area contributed by atoms with Crippen molar-refractivity contribution in [3.8, 4) is 0 Å². The molecule has 2 heterocycles. The number of aryl methyl sites for hydroxylation is 1. The predicted molar refractivity (Wildman–Crippen MR) is 66.8 cm³/mol. The van der Waals surface area contributed by atoms with Gasteiger partial charge in [-0.1, -0.05) is 6.07 Å². The van der Waals surface area contributed by atoms with Crippen molar-refractivity contribution in [3.05, 3.63) is 29.6 Å². The van der Waals surface area contributed by atoms with Crippen LogP contribution in [0, 0.1) is 6.92 Å². The van der Waals surface area contributed by atoms with Crippen LogP contribution in [0.15, 0.2) is 18.3 Å². The minimum Gasteiger partial charge on any atom is -0.388 e. The standard InChI is InChI=1S/C14H21NO2/c1-11-13(7-3-9-15-11)14(16)8-2-5-12-6-4-10-17-12/h3,7,9,12,14,16H,2,4-6,8,10H2,1H3. The molecule has 3 heteroatoms. The summed E-state index contributed by atoms with van der Waals surface area (Å²) < 4.78 is 5.57. The highest BCUT2D eigenvalue weighted by Crippen LogP contribution is 2.24. The van der Waals surface area contributed by atoms with Crippen molar-refractivity contribution < 1.29 is 9.84 Å². The highest BCUT2D eigenvalue weighted by Gasteiger charge is 2.16. The van der Waals surface area contributed by atoms with E-state index in [1.807, 2.05) is 19.1 Å². The van der Waals surface area contributed by atoms with E-state index in [0.717, 1.165) is 37.1 Å². The maximum absolute atomic E-state index is 10.1. The molecule has 1 aromatic heterocycles. The van der Waals surface area contributed by atoms with Gasteiger partial charge in [0.25, 0.3) is 0 Å². The van der Waals surface area contributed by atoms with Crippen LogP contribution in [0.25, 0.3) is 0 Å². The molecule has 0 bridgehead atoms. The number of hydrogen-bond acceptors (Lipinski definition) is 3. The average molecular weight is 235 g/mol. The molecule has 0 radical (unpaired) electrons. The molecule has 0 spiro atoms. The maximum atomic E-state index is 10.1. The molecule has 0 aromatic carbocycles. The molecule has 2 rings (SSSR count). The molecule has 0 aliphatic carbocycles. The lowest BCUT2D eigenvalue weighted by Crippen LogP contribution is -2.07. The van der Waals surface area contributed by atoms with E-state index in [9.17, 15) is 5.11 Å². The van der Waals surface area contributed by atoms with Crippen LogP contribution in [0.4, 0.5) is 0 Å². The van der Waals surface area contributed by atoms with E-state index in [0.29, 0.717) is 6.10 Å². The third kappa shape index (κ3) is 3.51. The summed E-state index contributed by atoms with van der Waals surface area (Å²) in [5.74, 6) is 0. The first-order valence-electron chi connectivity index (χ1n) is 6.48. The number of aliphatic hydroxyl groups excluding tert-OH is 1. The van der Waals surface area contributed by atoms with Crippen LogP contribution in [-0.2, 0) is 4.74 Å². The second-order valence-electron chi connectivity index (χ2n) is 4.76. The number of nitrogens with zero attached hydrogens (tertiary/aromatic N) is 1. The van der Waals surface area contributed by atoms with Gasteiger partial charge in [0.2, 0.25) is 0 Å². The van der Waals surface area contributed by atoms with Crippen LogP contribution in [0.1, 0.15) is 49.5 Å². The molecule has 1 aliphatic heterocycles. The van der Waals surface area contributed by atoms with Gasteiger partial charge < -0.3 is 9.84 Å². The van der Waals surface area contributed by atoms with Crippen molar-refractivity contribution in [2.24, 2.45) is 0 Å². The number of rotatable bonds is 5. The van der Waals surface area contributed by atoms with Crippen molar-refractivity contribution in [1.82, 2.24) is 4.98 Å². The van der Waals surface area contributed by atoms with E-state index in [-0.39, 0.29) is 6.10 Å². The lowest BCUT2D eigenvalue weighted by atomic mass is 10.0. The third-order valence-electron chi connectivity index (χ3n) is 3.43. The van der Waals surface area contributed by atoms with Gasteiger partial charge in [-0.15, -0.1) is 0 Å². The Kier molecular flexibility index (Phi) is 4.51. The molecule has 17 heavy (non-hydrogen) atoms.